The molecule has 0 atom stereocenters. The van der Waals surface area contributed by atoms with Gasteiger partial charge in [0.2, 0.25) is 0 Å². The molecule has 0 saturated carbocycles. The zero-order valence-corrected chi connectivity index (χ0v) is 7.06. The van der Waals surface area contributed by atoms with Gasteiger partial charge in [0.25, 0.3) is 0 Å². The molecule has 2 N–H and O–H groups in total. The minimum Gasteiger partial charge on any atom is -0.329 e. The van der Waals surface area contributed by atoms with E-state index in [2.05, 4.69) is 18.7 Å². The van der Waals surface area contributed by atoms with Crippen molar-refractivity contribution in [3.8, 4) is 0 Å². The van der Waals surface area contributed by atoms with Crippen LogP contribution in [0.4, 0.5) is 0 Å². The lowest BCUT2D eigenvalue weighted by Gasteiger charge is -2.33. The maximum Gasteiger partial charge on any atom is 0.0275 e. The molecule has 1 fully saturated rings. The Kier molecular flexibility index (Phi) is 2.32. The third-order valence-electron chi connectivity index (χ3n) is 2.46. The van der Waals surface area contributed by atoms with E-state index >= 15 is 0 Å². The Balaban J connectivity index is 2.45. The molecule has 1 saturated heterocycles. The number of hydrogen-bond donors (Lipinski definition) is 1. The van der Waals surface area contributed by atoms with Gasteiger partial charge in [-0.05, 0) is 39.8 Å². The van der Waals surface area contributed by atoms with Crippen LogP contribution in [-0.2, 0) is 0 Å². The maximum absolute atomic E-state index is 5.64. The molecular weight excluding hydrogens is 124 g/mol. The Hall–Kier alpha value is -0.0800. The van der Waals surface area contributed by atoms with Crippen LogP contribution >= 0.6 is 0 Å². The van der Waals surface area contributed by atoms with Gasteiger partial charge in [-0.25, -0.2) is 0 Å². The van der Waals surface area contributed by atoms with E-state index in [0.717, 1.165) is 6.54 Å². The minimum atomic E-state index is 0.233. The van der Waals surface area contributed by atoms with E-state index in [4.69, 9.17) is 5.73 Å². The van der Waals surface area contributed by atoms with Crippen molar-refractivity contribution in [2.75, 3.05) is 19.6 Å². The molecule has 0 unspecified atom stereocenters. The van der Waals surface area contributed by atoms with Crippen molar-refractivity contribution in [2.45, 2.75) is 32.2 Å². The summed E-state index contributed by atoms with van der Waals surface area (Å²) < 4.78 is 0. The Bertz CT molecular complexity index is 104. The third-order valence-corrected chi connectivity index (χ3v) is 2.46. The van der Waals surface area contributed by atoms with Crippen molar-refractivity contribution in [3.63, 3.8) is 0 Å². The van der Waals surface area contributed by atoms with Gasteiger partial charge in [-0.15, -0.1) is 0 Å². The van der Waals surface area contributed by atoms with Gasteiger partial charge in [-0.1, -0.05) is 0 Å². The molecule has 2 nitrogen and oxygen atoms in total. The third kappa shape index (κ3) is 1.50. The number of likely N-dealkylation sites (tertiary alicyclic amines) is 1. The SMILES string of the molecule is CC(C)(CN)N1CCCC1. The molecule has 0 aromatic rings. The summed E-state index contributed by atoms with van der Waals surface area (Å²) >= 11 is 0. The summed E-state index contributed by atoms with van der Waals surface area (Å²) in [4.78, 5) is 2.48. The summed E-state index contributed by atoms with van der Waals surface area (Å²) in [5.74, 6) is 0. The van der Waals surface area contributed by atoms with Gasteiger partial charge in [0.15, 0.2) is 0 Å². The molecule has 0 aromatic heterocycles. The van der Waals surface area contributed by atoms with Crippen molar-refractivity contribution < 1.29 is 0 Å². The predicted octanol–water partition coefficient (Wildman–Crippen LogP) is 0.819. The van der Waals surface area contributed by atoms with Crippen LogP contribution in [0.2, 0.25) is 0 Å². The first kappa shape index (κ1) is 8.02. The van der Waals surface area contributed by atoms with Crippen molar-refractivity contribution in [1.82, 2.24) is 4.90 Å². The molecule has 1 heterocycles. The normalized spacial score (nSPS) is 21.9. The lowest BCUT2D eigenvalue weighted by Crippen LogP contribution is -2.47. The number of rotatable bonds is 2. The maximum atomic E-state index is 5.64. The van der Waals surface area contributed by atoms with Crippen LogP contribution in [0.1, 0.15) is 26.7 Å². The van der Waals surface area contributed by atoms with Gasteiger partial charge in [0, 0.05) is 12.1 Å². The molecule has 0 aromatic carbocycles. The van der Waals surface area contributed by atoms with Crippen molar-refractivity contribution in [1.29, 1.82) is 0 Å². The van der Waals surface area contributed by atoms with Crippen LogP contribution in [0.15, 0.2) is 0 Å². The zero-order valence-electron chi connectivity index (χ0n) is 7.06. The minimum absolute atomic E-state index is 0.233. The average Bonchev–Trinajstić information content (AvgIpc) is 2.38. The second-order valence-electron chi connectivity index (χ2n) is 3.71. The Morgan fingerprint density at radius 1 is 1.30 bits per heavy atom. The highest BCUT2D eigenvalue weighted by atomic mass is 15.2. The van der Waals surface area contributed by atoms with Crippen molar-refractivity contribution in [2.24, 2.45) is 5.73 Å². The second-order valence-corrected chi connectivity index (χ2v) is 3.71. The highest BCUT2D eigenvalue weighted by molar-refractivity contribution is 4.84. The Labute approximate surface area is 63.4 Å². The summed E-state index contributed by atoms with van der Waals surface area (Å²) in [6.45, 7) is 7.69. The van der Waals surface area contributed by atoms with Gasteiger partial charge in [0.1, 0.15) is 0 Å². The zero-order chi connectivity index (χ0) is 7.61. The molecule has 2 heteroatoms. The molecular formula is C8H18N2. The fourth-order valence-electron chi connectivity index (χ4n) is 1.45. The summed E-state index contributed by atoms with van der Waals surface area (Å²) in [7, 11) is 0. The fourth-order valence-corrected chi connectivity index (χ4v) is 1.45. The summed E-state index contributed by atoms with van der Waals surface area (Å²) in [5.41, 5.74) is 5.88. The smallest absolute Gasteiger partial charge is 0.0275 e. The lowest BCUT2D eigenvalue weighted by atomic mass is 10.0. The fraction of sp³-hybridized carbons (Fsp3) is 1.00. The van der Waals surface area contributed by atoms with Gasteiger partial charge in [-0.3, -0.25) is 4.90 Å². The summed E-state index contributed by atoms with van der Waals surface area (Å²) in [6, 6.07) is 0. The molecule has 1 aliphatic rings. The van der Waals surface area contributed by atoms with Crippen LogP contribution in [-0.4, -0.2) is 30.1 Å². The molecule has 0 spiro atoms. The first-order valence-corrected chi connectivity index (χ1v) is 4.12. The molecule has 0 bridgehead atoms. The lowest BCUT2D eigenvalue weighted by molar-refractivity contribution is 0.163. The van der Waals surface area contributed by atoms with Crippen molar-refractivity contribution in [3.05, 3.63) is 0 Å². The number of nitrogens with two attached hydrogens (primary N) is 1. The van der Waals surface area contributed by atoms with Crippen molar-refractivity contribution >= 4 is 0 Å². The molecule has 1 aliphatic heterocycles. The quantitative estimate of drug-likeness (QED) is 0.618. The standard InChI is InChI=1S/C8H18N2/c1-8(2,7-9)10-5-3-4-6-10/h3-7,9H2,1-2H3. The van der Waals surface area contributed by atoms with Gasteiger partial charge in [0.05, 0.1) is 0 Å². The van der Waals surface area contributed by atoms with E-state index in [0.29, 0.717) is 0 Å². The largest absolute Gasteiger partial charge is 0.329 e. The van der Waals surface area contributed by atoms with Crippen LogP contribution in [0, 0.1) is 0 Å². The highest BCUT2D eigenvalue weighted by Gasteiger charge is 2.26. The monoisotopic (exact) mass is 142 g/mol. The van der Waals surface area contributed by atoms with E-state index in [1.54, 1.807) is 0 Å². The topological polar surface area (TPSA) is 29.3 Å². The molecule has 60 valence electrons. The number of hydrogen-bond acceptors (Lipinski definition) is 2. The number of nitrogens with zero attached hydrogens (tertiary/aromatic N) is 1. The van der Waals surface area contributed by atoms with Gasteiger partial charge < -0.3 is 5.73 Å². The molecule has 0 radical (unpaired) electrons. The van der Waals surface area contributed by atoms with E-state index in [9.17, 15) is 0 Å². The Morgan fingerprint density at radius 2 is 1.80 bits per heavy atom. The van der Waals surface area contributed by atoms with Crippen LogP contribution in [0.3, 0.4) is 0 Å². The first-order chi connectivity index (χ1) is 4.67. The van der Waals surface area contributed by atoms with E-state index in [1.807, 2.05) is 0 Å². The summed E-state index contributed by atoms with van der Waals surface area (Å²) in [6.07, 6.45) is 2.70. The Morgan fingerprint density at radius 3 is 2.20 bits per heavy atom. The molecule has 0 aliphatic carbocycles. The molecule has 0 amide bonds. The van der Waals surface area contributed by atoms with E-state index in [1.165, 1.54) is 25.9 Å². The molecule has 10 heavy (non-hydrogen) atoms. The average molecular weight is 142 g/mol. The second kappa shape index (κ2) is 2.89. The van der Waals surface area contributed by atoms with E-state index < -0.39 is 0 Å². The van der Waals surface area contributed by atoms with E-state index in [-0.39, 0.29) is 5.54 Å². The van der Waals surface area contributed by atoms with Crippen LogP contribution < -0.4 is 5.73 Å². The molecule has 1 rings (SSSR count). The first-order valence-electron chi connectivity index (χ1n) is 4.12. The van der Waals surface area contributed by atoms with Gasteiger partial charge in [-0.2, -0.15) is 0 Å². The van der Waals surface area contributed by atoms with Crippen LogP contribution in [0.5, 0.6) is 0 Å². The summed E-state index contributed by atoms with van der Waals surface area (Å²) in [5, 5.41) is 0. The van der Waals surface area contributed by atoms with Gasteiger partial charge >= 0.3 is 0 Å². The van der Waals surface area contributed by atoms with Crippen LogP contribution in [0.25, 0.3) is 0 Å². The highest BCUT2D eigenvalue weighted by Crippen LogP contribution is 2.19. The predicted molar refractivity (Wildman–Crippen MR) is 43.9 cm³/mol.